The fourth-order valence-corrected chi connectivity index (χ4v) is 3.01. The van der Waals surface area contributed by atoms with E-state index >= 15 is 0 Å². The summed E-state index contributed by atoms with van der Waals surface area (Å²) in [6, 6.07) is 20.0. The van der Waals surface area contributed by atoms with Crippen LogP contribution in [0, 0.1) is 13.8 Å². The van der Waals surface area contributed by atoms with Crippen LogP contribution in [-0.2, 0) is 4.79 Å². The smallest absolute Gasteiger partial charge is 0.255 e. The van der Waals surface area contributed by atoms with E-state index in [0.29, 0.717) is 17.9 Å². The molecule has 31 heavy (non-hydrogen) atoms. The van der Waals surface area contributed by atoms with Crippen LogP contribution in [0.3, 0.4) is 0 Å². The van der Waals surface area contributed by atoms with E-state index in [0.717, 1.165) is 28.3 Å². The molecule has 2 amide bonds. The minimum Gasteiger partial charge on any atom is -0.494 e. The molecule has 3 aromatic rings. The van der Waals surface area contributed by atoms with Gasteiger partial charge in [-0.25, -0.2) is 0 Å². The molecule has 0 saturated carbocycles. The lowest BCUT2D eigenvalue weighted by Gasteiger charge is -2.12. The van der Waals surface area contributed by atoms with Gasteiger partial charge in [0.05, 0.1) is 13.2 Å². The predicted octanol–water partition coefficient (Wildman–Crippen LogP) is 5.01. The highest BCUT2D eigenvalue weighted by atomic mass is 16.5. The molecule has 0 aromatic heterocycles. The van der Waals surface area contributed by atoms with Gasteiger partial charge in [0, 0.05) is 22.6 Å². The maximum Gasteiger partial charge on any atom is 0.255 e. The number of amides is 2. The second kappa shape index (κ2) is 10.3. The van der Waals surface area contributed by atoms with Crippen LogP contribution in [0.25, 0.3) is 0 Å². The molecule has 0 bridgehead atoms. The van der Waals surface area contributed by atoms with Crippen LogP contribution in [0.15, 0.2) is 66.7 Å². The highest BCUT2D eigenvalue weighted by molar-refractivity contribution is 6.04. The highest BCUT2D eigenvalue weighted by Gasteiger charge is 2.08. The molecule has 0 unspecified atom stereocenters. The SMILES string of the molecule is CCOc1ccc(NC(=O)c2ccc(NCC(=O)Nc3cccc(C)c3C)cc2)cc1. The summed E-state index contributed by atoms with van der Waals surface area (Å²) in [6.45, 7) is 6.64. The van der Waals surface area contributed by atoms with Crippen LogP contribution in [0.1, 0.15) is 28.4 Å². The van der Waals surface area contributed by atoms with Crippen molar-refractivity contribution in [3.63, 3.8) is 0 Å². The van der Waals surface area contributed by atoms with Gasteiger partial charge in [-0.15, -0.1) is 0 Å². The van der Waals surface area contributed by atoms with Crippen LogP contribution in [-0.4, -0.2) is 25.0 Å². The zero-order chi connectivity index (χ0) is 22.2. The Morgan fingerprint density at radius 1 is 0.839 bits per heavy atom. The van der Waals surface area contributed by atoms with E-state index in [1.54, 1.807) is 36.4 Å². The number of carbonyl (C=O) groups is 2. The quantitative estimate of drug-likeness (QED) is 0.482. The third kappa shape index (κ3) is 6.09. The Kier molecular flexibility index (Phi) is 7.27. The lowest BCUT2D eigenvalue weighted by Crippen LogP contribution is -2.22. The van der Waals surface area contributed by atoms with Crippen molar-refractivity contribution in [2.45, 2.75) is 20.8 Å². The first-order chi connectivity index (χ1) is 15.0. The number of rotatable bonds is 8. The maximum absolute atomic E-state index is 12.4. The van der Waals surface area contributed by atoms with Gasteiger partial charge >= 0.3 is 0 Å². The van der Waals surface area contributed by atoms with E-state index in [2.05, 4.69) is 16.0 Å². The molecule has 3 rings (SSSR count). The molecule has 0 heterocycles. The molecule has 0 spiro atoms. The normalized spacial score (nSPS) is 10.3. The topological polar surface area (TPSA) is 79.5 Å². The first-order valence-electron chi connectivity index (χ1n) is 10.2. The van der Waals surface area contributed by atoms with E-state index in [9.17, 15) is 9.59 Å². The van der Waals surface area contributed by atoms with Crippen molar-refractivity contribution in [3.05, 3.63) is 83.4 Å². The highest BCUT2D eigenvalue weighted by Crippen LogP contribution is 2.19. The molecule has 160 valence electrons. The molecule has 0 radical (unpaired) electrons. The van der Waals surface area contributed by atoms with Crippen molar-refractivity contribution in [1.29, 1.82) is 0 Å². The van der Waals surface area contributed by atoms with Crippen molar-refractivity contribution in [2.24, 2.45) is 0 Å². The van der Waals surface area contributed by atoms with Gasteiger partial charge in [0.25, 0.3) is 5.91 Å². The number of benzene rings is 3. The van der Waals surface area contributed by atoms with Crippen LogP contribution in [0.4, 0.5) is 17.1 Å². The van der Waals surface area contributed by atoms with E-state index in [4.69, 9.17) is 4.74 Å². The predicted molar refractivity (Wildman–Crippen MR) is 125 cm³/mol. The third-order valence-corrected chi connectivity index (χ3v) is 4.90. The Bertz CT molecular complexity index is 1040. The Morgan fingerprint density at radius 3 is 2.19 bits per heavy atom. The fourth-order valence-electron chi connectivity index (χ4n) is 3.01. The lowest BCUT2D eigenvalue weighted by atomic mass is 10.1. The molecular formula is C25H27N3O3. The van der Waals surface area contributed by atoms with E-state index in [-0.39, 0.29) is 18.4 Å². The average Bonchev–Trinajstić information content (AvgIpc) is 2.77. The number of hydrogen-bond donors (Lipinski definition) is 3. The standard InChI is InChI=1S/C25H27N3O3/c1-4-31-22-14-12-21(13-15-22)27-25(30)19-8-10-20(11-9-19)26-16-24(29)28-23-7-5-6-17(2)18(23)3/h5-15,26H,4,16H2,1-3H3,(H,27,30)(H,28,29). The summed E-state index contributed by atoms with van der Waals surface area (Å²) in [5.74, 6) is 0.423. The number of anilines is 3. The maximum atomic E-state index is 12.4. The third-order valence-electron chi connectivity index (χ3n) is 4.90. The van der Waals surface area contributed by atoms with Gasteiger partial charge in [0.1, 0.15) is 5.75 Å². The average molecular weight is 418 g/mol. The first kappa shape index (κ1) is 21.9. The van der Waals surface area contributed by atoms with Crippen molar-refractivity contribution in [2.75, 3.05) is 29.1 Å². The van der Waals surface area contributed by atoms with Crippen LogP contribution in [0.5, 0.6) is 5.75 Å². The minimum absolute atomic E-state index is 0.130. The summed E-state index contributed by atoms with van der Waals surface area (Å²) < 4.78 is 5.40. The van der Waals surface area contributed by atoms with E-state index in [1.165, 1.54) is 0 Å². The van der Waals surface area contributed by atoms with Crippen LogP contribution in [0.2, 0.25) is 0 Å². The number of ether oxygens (including phenoxy) is 1. The minimum atomic E-state index is -0.205. The molecule has 0 aliphatic heterocycles. The number of hydrogen-bond acceptors (Lipinski definition) is 4. The molecule has 3 aromatic carbocycles. The summed E-state index contributed by atoms with van der Waals surface area (Å²) >= 11 is 0. The number of carbonyl (C=O) groups excluding carboxylic acids is 2. The largest absolute Gasteiger partial charge is 0.494 e. The van der Waals surface area contributed by atoms with Crippen LogP contribution >= 0.6 is 0 Å². The van der Waals surface area contributed by atoms with Gasteiger partial charge in [0.2, 0.25) is 5.91 Å². The fraction of sp³-hybridized carbons (Fsp3) is 0.200. The van der Waals surface area contributed by atoms with Crippen molar-refractivity contribution < 1.29 is 14.3 Å². The molecular weight excluding hydrogens is 390 g/mol. The Hall–Kier alpha value is -3.80. The summed E-state index contributed by atoms with van der Waals surface area (Å²) in [7, 11) is 0. The van der Waals surface area contributed by atoms with Gasteiger partial charge in [-0.1, -0.05) is 12.1 Å². The van der Waals surface area contributed by atoms with Gasteiger partial charge < -0.3 is 20.7 Å². The van der Waals surface area contributed by atoms with Crippen molar-refractivity contribution in [1.82, 2.24) is 0 Å². The van der Waals surface area contributed by atoms with E-state index in [1.807, 2.05) is 51.1 Å². The Morgan fingerprint density at radius 2 is 1.52 bits per heavy atom. The molecule has 0 atom stereocenters. The first-order valence-corrected chi connectivity index (χ1v) is 10.2. The van der Waals surface area contributed by atoms with E-state index < -0.39 is 0 Å². The monoisotopic (exact) mass is 417 g/mol. The summed E-state index contributed by atoms with van der Waals surface area (Å²) in [5.41, 5.74) is 4.98. The Labute approximate surface area is 182 Å². The van der Waals surface area contributed by atoms with Crippen molar-refractivity contribution >= 4 is 28.9 Å². The molecule has 6 nitrogen and oxygen atoms in total. The zero-order valence-electron chi connectivity index (χ0n) is 18.0. The van der Waals surface area contributed by atoms with Gasteiger partial charge in [-0.2, -0.15) is 0 Å². The van der Waals surface area contributed by atoms with Crippen molar-refractivity contribution in [3.8, 4) is 5.75 Å². The molecule has 0 aliphatic rings. The van der Waals surface area contributed by atoms with Gasteiger partial charge in [-0.05, 0) is 86.5 Å². The summed E-state index contributed by atoms with van der Waals surface area (Å²) in [6.07, 6.45) is 0. The second-order valence-electron chi connectivity index (χ2n) is 7.14. The van der Waals surface area contributed by atoms with Crippen LogP contribution < -0.4 is 20.7 Å². The molecule has 0 aliphatic carbocycles. The second-order valence-corrected chi connectivity index (χ2v) is 7.14. The molecule has 0 saturated heterocycles. The summed E-state index contributed by atoms with van der Waals surface area (Å²) in [5, 5.41) is 8.85. The lowest BCUT2D eigenvalue weighted by molar-refractivity contribution is -0.114. The molecule has 3 N–H and O–H groups in total. The Balaban J connectivity index is 1.51. The molecule has 6 heteroatoms. The number of aryl methyl sites for hydroxylation is 1. The summed E-state index contributed by atoms with van der Waals surface area (Å²) in [4.78, 5) is 24.7. The van der Waals surface area contributed by atoms with Gasteiger partial charge in [-0.3, -0.25) is 9.59 Å². The molecule has 0 fully saturated rings. The van der Waals surface area contributed by atoms with Gasteiger partial charge in [0.15, 0.2) is 0 Å². The zero-order valence-corrected chi connectivity index (χ0v) is 18.0. The number of nitrogens with one attached hydrogen (secondary N) is 3.